The standard InChI is InChI=1S/C23H14N2O6S/c24-25-19-11-9-17-20(32(29,30)31-16-8-4-7-15(26)13-16)12-10-18(21(17)23(19)28)22(27)14-5-2-1-3-6-14/h1-13H,(H-,26,28)/p+1. The zero-order valence-electron chi connectivity index (χ0n) is 16.3. The van der Waals surface area contributed by atoms with E-state index in [1.807, 2.05) is 0 Å². The molecule has 0 saturated heterocycles. The molecule has 0 aliphatic heterocycles. The molecule has 0 aliphatic carbocycles. The number of hydrogen-bond donors (Lipinski definition) is 2. The van der Waals surface area contributed by atoms with Crippen LogP contribution in [-0.2, 0) is 10.1 Å². The van der Waals surface area contributed by atoms with Gasteiger partial charge in [-0.1, -0.05) is 36.4 Å². The molecule has 0 amide bonds. The van der Waals surface area contributed by atoms with Gasteiger partial charge < -0.3 is 14.4 Å². The van der Waals surface area contributed by atoms with Crippen molar-refractivity contribution in [2.75, 3.05) is 0 Å². The molecule has 0 bridgehead atoms. The zero-order chi connectivity index (χ0) is 22.9. The van der Waals surface area contributed by atoms with E-state index < -0.39 is 21.7 Å². The smallest absolute Gasteiger partial charge is 0.426 e. The summed E-state index contributed by atoms with van der Waals surface area (Å²) >= 11 is 0. The van der Waals surface area contributed by atoms with E-state index in [4.69, 9.17) is 4.18 Å². The minimum Gasteiger partial charge on any atom is -0.508 e. The minimum atomic E-state index is -4.43. The molecule has 0 heterocycles. The van der Waals surface area contributed by atoms with E-state index in [-0.39, 0.29) is 38.4 Å². The summed E-state index contributed by atoms with van der Waals surface area (Å²) < 4.78 is 31.1. The molecule has 0 spiro atoms. The number of phenols is 2. The predicted octanol–water partition coefficient (Wildman–Crippen LogP) is 4.73. The van der Waals surface area contributed by atoms with Crippen molar-refractivity contribution in [2.45, 2.75) is 4.90 Å². The van der Waals surface area contributed by atoms with Crippen molar-refractivity contribution in [3.05, 3.63) is 95.0 Å². The molecular formula is C23H15N2O6S+. The largest absolute Gasteiger partial charge is 0.508 e. The van der Waals surface area contributed by atoms with Crippen LogP contribution < -0.4 is 4.18 Å². The summed E-state index contributed by atoms with van der Waals surface area (Å²) in [5, 5.41) is 29.3. The quantitative estimate of drug-likeness (QED) is 0.257. The highest BCUT2D eigenvalue weighted by Crippen LogP contribution is 2.40. The summed E-state index contributed by atoms with van der Waals surface area (Å²) in [6, 6.07) is 18.5. The Morgan fingerprint density at radius 3 is 2.34 bits per heavy atom. The van der Waals surface area contributed by atoms with E-state index >= 15 is 0 Å². The second-order valence-electron chi connectivity index (χ2n) is 6.80. The van der Waals surface area contributed by atoms with Crippen molar-refractivity contribution in [3.63, 3.8) is 0 Å². The van der Waals surface area contributed by atoms with Crippen LogP contribution in [0.5, 0.6) is 17.2 Å². The number of benzene rings is 4. The number of hydrogen-bond acceptors (Lipinski definition) is 7. The maximum absolute atomic E-state index is 13.1. The van der Waals surface area contributed by atoms with Crippen LogP contribution in [0.2, 0.25) is 0 Å². The van der Waals surface area contributed by atoms with Gasteiger partial charge in [0, 0.05) is 34.0 Å². The fourth-order valence-electron chi connectivity index (χ4n) is 3.33. The molecule has 0 aliphatic rings. The third-order valence-corrected chi connectivity index (χ3v) is 6.08. The first-order chi connectivity index (χ1) is 15.3. The monoisotopic (exact) mass is 447 g/mol. The Kier molecular flexibility index (Phi) is 5.22. The summed E-state index contributed by atoms with van der Waals surface area (Å²) in [5.41, 5.74) is 0.111. The fourth-order valence-corrected chi connectivity index (χ4v) is 4.45. The highest BCUT2D eigenvalue weighted by Gasteiger charge is 2.28. The molecule has 0 atom stereocenters. The summed E-state index contributed by atoms with van der Waals surface area (Å²) in [6.45, 7) is 0. The third kappa shape index (κ3) is 3.71. The topological polar surface area (TPSA) is 129 Å². The second kappa shape index (κ2) is 8.02. The van der Waals surface area contributed by atoms with Crippen molar-refractivity contribution in [2.24, 2.45) is 0 Å². The zero-order valence-corrected chi connectivity index (χ0v) is 17.2. The van der Waals surface area contributed by atoms with Crippen molar-refractivity contribution < 1.29 is 27.6 Å². The fraction of sp³-hybridized carbons (Fsp3) is 0. The van der Waals surface area contributed by atoms with Crippen LogP contribution in [0.3, 0.4) is 0 Å². The lowest BCUT2D eigenvalue weighted by molar-refractivity contribution is 0.104. The molecule has 8 nitrogen and oxygen atoms in total. The summed E-state index contributed by atoms with van der Waals surface area (Å²) in [4.78, 5) is 15.8. The molecule has 0 saturated carbocycles. The van der Waals surface area contributed by atoms with Gasteiger partial charge in [-0.05, 0) is 30.3 Å². The number of carbonyl (C=O) groups excluding carboxylic acids is 1. The Labute approximate surface area is 182 Å². The molecule has 0 fully saturated rings. The molecule has 0 radical (unpaired) electrons. The molecule has 4 aromatic carbocycles. The number of phenolic OH excluding ortho intramolecular Hbond substituents is 2. The normalized spacial score (nSPS) is 11.1. The lowest BCUT2D eigenvalue weighted by Gasteiger charge is -2.13. The number of ketones is 1. The van der Waals surface area contributed by atoms with Gasteiger partial charge >= 0.3 is 15.8 Å². The Morgan fingerprint density at radius 2 is 1.66 bits per heavy atom. The van der Waals surface area contributed by atoms with Gasteiger partial charge in [0.25, 0.3) is 0 Å². The van der Waals surface area contributed by atoms with Crippen LogP contribution in [0.4, 0.5) is 5.69 Å². The van der Waals surface area contributed by atoms with Gasteiger partial charge in [0.15, 0.2) is 10.8 Å². The second-order valence-corrected chi connectivity index (χ2v) is 8.31. The average molecular weight is 447 g/mol. The first-order valence-corrected chi connectivity index (χ1v) is 10.7. The lowest BCUT2D eigenvalue weighted by atomic mass is 9.96. The molecule has 9 heteroatoms. The predicted molar refractivity (Wildman–Crippen MR) is 116 cm³/mol. The Morgan fingerprint density at radius 1 is 0.906 bits per heavy atom. The molecule has 32 heavy (non-hydrogen) atoms. The van der Waals surface area contributed by atoms with Crippen LogP contribution in [0.15, 0.2) is 83.8 Å². The number of carbonyl (C=O) groups is 1. The van der Waals surface area contributed by atoms with Gasteiger partial charge in [-0.25, -0.2) is 0 Å². The van der Waals surface area contributed by atoms with E-state index in [2.05, 4.69) is 4.98 Å². The van der Waals surface area contributed by atoms with E-state index in [0.29, 0.717) is 5.56 Å². The van der Waals surface area contributed by atoms with E-state index in [9.17, 15) is 28.8 Å². The van der Waals surface area contributed by atoms with Crippen LogP contribution >= 0.6 is 0 Å². The van der Waals surface area contributed by atoms with Gasteiger partial charge in [0.2, 0.25) is 11.1 Å². The number of rotatable bonds is 5. The molecule has 0 unspecified atom stereocenters. The highest BCUT2D eigenvalue weighted by atomic mass is 32.2. The van der Waals surface area contributed by atoms with E-state index in [0.717, 1.165) is 6.07 Å². The number of diazo groups is 1. The maximum atomic E-state index is 13.1. The molecule has 2 N–H and O–H groups in total. The van der Waals surface area contributed by atoms with Gasteiger partial charge in [-0.15, -0.1) is 0 Å². The number of aromatic hydroxyl groups is 2. The molecule has 4 rings (SSSR count). The van der Waals surface area contributed by atoms with Crippen LogP contribution in [0.25, 0.3) is 15.7 Å². The molecule has 0 aromatic heterocycles. The summed E-state index contributed by atoms with van der Waals surface area (Å²) in [5.74, 6) is -1.32. The van der Waals surface area contributed by atoms with E-state index in [1.165, 1.54) is 42.5 Å². The Bertz CT molecular complexity index is 1510. The summed E-state index contributed by atoms with van der Waals surface area (Å²) in [6.07, 6.45) is 0. The first kappa shape index (κ1) is 20.8. The van der Waals surface area contributed by atoms with Crippen LogP contribution in [0.1, 0.15) is 15.9 Å². The van der Waals surface area contributed by atoms with Gasteiger partial charge in [0.1, 0.15) is 16.4 Å². The highest BCUT2D eigenvalue weighted by molar-refractivity contribution is 7.87. The third-order valence-electron chi connectivity index (χ3n) is 4.77. The van der Waals surface area contributed by atoms with Crippen LogP contribution in [0, 0.1) is 5.39 Å². The lowest BCUT2D eigenvalue weighted by Crippen LogP contribution is -2.11. The number of nitrogens with zero attached hydrogens (tertiary/aromatic N) is 2. The van der Waals surface area contributed by atoms with E-state index in [1.54, 1.807) is 30.3 Å². The van der Waals surface area contributed by atoms with Crippen molar-refractivity contribution in [1.82, 2.24) is 0 Å². The maximum Gasteiger partial charge on any atom is 0.426 e. The first-order valence-electron chi connectivity index (χ1n) is 9.29. The van der Waals surface area contributed by atoms with Crippen molar-refractivity contribution >= 4 is 32.4 Å². The van der Waals surface area contributed by atoms with Gasteiger partial charge in [-0.3, -0.25) is 4.79 Å². The van der Waals surface area contributed by atoms with Crippen LogP contribution in [-0.4, -0.2) is 24.4 Å². The molecule has 158 valence electrons. The average Bonchev–Trinajstić information content (AvgIpc) is 2.78. The van der Waals surface area contributed by atoms with Gasteiger partial charge in [0.05, 0.1) is 0 Å². The van der Waals surface area contributed by atoms with Crippen molar-refractivity contribution in [3.8, 4) is 17.2 Å². The SMILES string of the molecule is N#[N+]c1ccc2c(S(=O)(=O)Oc3cccc(O)c3)ccc(C(=O)c3ccccc3)c2c1O. The minimum absolute atomic E-state index is 0.00293. The Balaban J connectivity index is 1.94. The summed E-state index contributed by atoms with van der Waals surface area (Å²) in [7, 11) is -4.43. The Hall–Kier alpha value is -4.42. The molecule has 4 aromatic rings. The number of fused-ring (bicyclic) bond motifs is 1. The van der Waals surface area contributed by atoms with Crippen molar-refractivity contribution in [1.29, 1.82) is 5.39 Å². The molecular weight excluding hydrogens is 432 g/mol. The van der Waals surface area contributed by atoms with Gasteiger partial charge in [-0.2, -0.15) is 8.42 Å².